The topological polar surface area (TPSA) is 86.3 Å². The van der Waals surface area contributed by atoms with E-state index in [0.717, 1.165) is 42.9 Å². The Morgan fingerprint density at radius 2 is 2.08 bits per heavy atom. The van der Waals surface area contributed by atoms with Gasteiger partial charge in [-0.25, -0.2) is 4.68 Å². The van der Waals surface area contributed by atoms with Gasteiger partial charge in [-0.2, -0.15) is 0 Å². The predicted octanol–water partition coefficient (Wildman–Crippen LogP) is 1.54. The molecular formula is C17H23N5O2. The first-order valence-electron chi connectivity index (χ1n) is 8.23. The van der Waals surface area contributed by atoms with E-state index in [-0.39, 0.29) is 11.9 Å². The van der Waals surface area contributed by atoms with Crippen molar-refractivity contribution in [3.05, 3.63) is 35.7 Å². The summed E-state index contributed by atoms with van der Waals surface area (Å²) in [5, 5.41) is 8.28. The number of piperidine rings is 1. The molecule has 1 aromatic heterocycles. The van der Waals surface area contributed by atoms with Crippen molar-refractivity contribution >= 4 is 5.91 Å². The molecule has 1 saturated heterocycles. The summed E-state index contributed by atoms with van der Waals surface area (Å²) in [5.74, 6) is 0.689. The first-order chi connectivity index (χ1) is 11.7. The molecule has 1 amide bonds. The molecule has 0 radical (unpaired) electrons. The number of amides is 1. The van der Waals surface area contributed by atoms with Gasteiger partial charge in [-0.05, 0) is 50.5 Å². The van der Waals surface area contributed by atoms with E-state index in [1.807, 2.05) is 36.1 Å². The van der Waals surface area contributed by atoms with Crippen LogP contribution in [0.5, 0.6) is 5.75 Å². The van der Waals surface area contributed by atoms with Crippen LogP contribution in [0.15, 0.2) is 24.3 Å². The lowest BCUT2D eigenvalue weighted by Gasteiger charge is -2.34. The van der Waals surface area contributed by atoms with Gasteiger partial charge in [-0.1, -0.05) is 5.21 Å². The summed E-state index contributed by atoms with van der Waals surface area (Å²) < 4.78 is 6.84. The highest BCUT2D eigenvalue weighted by Gasteiger charge is 2.29. The van der Waals surface area contributed by atoms with Crippen LogP contribution in [-0.4, -0.2) is 52.0 Å². The van der Waals surface area contributed by atoms with Gasteiger partial charge in [0.25, 0.3) is 5.91 Å². The van der Waals surface area contributed by atoms with E-state index >= 15 is 0 Å². The molecule has 128 valence electrons. The van der Waals surface area contributed by atoms with Crippen molar-refractivity contribution in [3.8, 4) is 11.4 Å². The number of benzene rings is 1. The van der Waals surface area contributed by atoms with Crippen LogP contribution in [0.3, 0.4) is 0 Å². The number of hydrogen-bond donors (Lipinski definition) is 1. The zero-order valence-electron chi connectivity index (χ0n) is 14.1. The molecule has 1 unspecified atom stereocenters. The third-order valence-electron chi connectivity index (χ3n) is 4.57. The van der Waals surface area contributed by atoms with Crippen molar-refractivity contribution in [2.24, 2.45) is 5.73 Å². The summed E-state index contributed by atoms with van der Waals surface area (Å²) in [6, 6.07) is 7.58. The molecule has 1 fully saturated rings. The van der Waals surface area contributed by atoms with Gasteiger partial charge in [0.2, 0.25) is 0 Å². The lowest BCUT2D eigenvalue weighted by Crippen LogP contribution is -2.47. The lowest BCUT2D eigenvalue weighted by molar-refractivity contribution is 0.0616. The van der Waals surface area contributed by atoms with Crippen LogP contribution in [-0.2, 0) is 0 Å². The summed E-state index contributed by atoms with van der Waals surface area (Å²) in [4.78, 5) is 14.7. The molecular weight excluding hydrogens is 306 g/mol. The minimum Gasteiger partial charge on any atom is -0.497 e. The maximum absolute atomic E-state index is 12.9. The lowest BCUT2D eigenvalue weighted by atomic mass is 10.0. The van der Waals surface area contributed by atoms with Crippen molar-refractivity contribution in [2.75, 3.05) is 20.2 Å². The number of aromatic nitrogens is 3. The Morgan fingerprint density at radius 1 is 1.33 bits per heavy atom. The van der Waals surface area contributed by atoms with E-state index < -0.39 is 0 Å². The fourth-order valence-electron chi connectivity index (χ4n) is 3.14. The number of rotatable bonds is 4. The van der Waals surface area contributed by atoms with E-state index in [1.54, 1.807) is 11.8 Å². The van der Waals surface area contributed by atoms with Crippen LogP contribution in [0.25, 0.3) is 5.69 Å². The number of ether oxygens (including phenoxy) is 1. The molecule has 2 aromatic rings. The molecule has 3 rings (SSSR count). The zero-order valence-corrected chi connectivity index (χ0v) is 14.1. The van der Waals surface area contributed by atoms with Crippen LogP contribution >= 0.6 is 0 Å². The van der Waals surface area contributed by atoms with E-state index in [0.29, 0.717) is 12.2 Å². The Balaban J connectivity index is 1.87. The van der Waals surface area contributed by atoms with E-state index in [1.165, 1.54) is 0 Å². The summed E-state index contributed by atoms with van der Waals surface area (Å²) in [6.07, 6.45) is 3.07. The largest absolute Gasteiger partial charge is 0.497 e. The Morgan fingerprint density at radius 3 is 2.75 bits per heavy atom. The average Bonchev–Trinajstić information content (AvgIpc) is 3.02. The molecule has 7 heteroatoms. The second kappa shape index (κ2) is 7.00. The molecule has 1 aromatic carbocycles. The zero-order chi connectivity index (χ0) is 17.1. The number of hydrogen-bond acceptors (Lipinski definition) is 5. The van der Waals surface area contributed by atoms with E-state index in [4.69, 9.17) is 10.5 Å². The molecule has 24 heavy (non-hydrogen) atoms. The number of carbonyl (C=O) groups excluding carboxylic acids is 1. The van der Waals surface area contributed by atoms with Crippen LogP contribution in [0.2, 0.25) is 0 Å². The molecule has 1 aliphatic rings. The molecule has 0 saturated carbocycles. The standard InChI is InChI=1S/C17H23N5O2/c1-12-16(17(23)21-10-4-3-5-14(21)11-18)19-20-22(12)13-6-8-15(24-2)9-7-13/h6-9,14H,3-5,10-11,18H2,1-2H3. The van der Waals surface area contributed by atoms with Crippen molar-refractivity contribution in [2.45, 2.75) is 32.2 Å². The second-order valence-corrected chi connectivity index (χ2v) is 6.02. The molecule has 0 spiro atoms. The van der Waals surface area contributed by atoms with Gasteiger partial charge >= 0.3 is 0 Å². The van der Waals surface area contributed by atoms with Crippen LogP contribution in [0.1, 0.15) is 35.4 Å². The fraction of sp³-hybridized carbons (Fsp3) is 0.471. The number of nitrogens with two attached hydrogens (primary N) is 1. The normalized spacial score (nSPS) is 17.8. The van der Waals surface area contributed by atoms with Gasteiger partial charge in [0, 0.05) is 19.1 Å². The second-order valence-electron chi connectivity index (χ2n) is 6.02. The number of likely N-dealkylation sites (tertiary alicyclic amines) is 1. The van der Waals surface area contributed by atoms with Crippen molar-refractivity contribution in [3.63, 3.8) is 0 Å². The first-order valence-corrected chi connectivity index (χ1v) is 8.23. The van der Waals surface area contributed by atoms with Crippen molar-refractivity contribution < 1.29 is 9.53 Å². The Bertz CT molecular complexity index is 710. The van der Waals surface area contributed by atoms with Gasteiger partial charge in [0.15, 0.2) is 5.69 Å². The van der Waals surface area contributed by atoms with Gasteiger partial charge < -0.3 is 15.4 Å². The van der Waals surface area contributed by atoms with Gasteiger partial charge in [0.1, 0.15) is 5.75 Å². The SMILES string of the molecule is COc1ccc(-n2nnc(C(=O)N3CCCCC3CN)c2C)cc1. The monoisotopic (exact) mass is 329 g/mol. The molecule has 7 nitrogen and oxygen atoms in total. The summed E-state index contributed by atoms with van der Waals surface area (Å²) in [6.45, 7) is 3.08. The molecule has 2 heterocycles. The molecule has 1 aliphatic heterocycles. The minimum absolute atomic E-state index is 0.0811. The highest BCUT2D eigenvalue weighted by Crippen LogP contribution is 2.21. The maximum atomic E-state index is 12.9. The highest BCUT2D eigenvalue weighted by molar-refractivity contribution is 5.93. The number of methoxy groups -OCH3 is 1. The van der Waals surface area contributed by atoms with Gasteiger partial charge in [0.05, 0.1) is 18.5 Å². The van der Waals surface area contributed by atoms with Crippen molar-refractivity contribution in [1.29, 1.82) is 0 Å². The Hall–Kier alpha value is -2.41. The summed E-state index contributed by atoms with van der Waals surface area (Å²) in [5.41, 5.74) is 7.79. The predicted molar refractivity (Wildman–Crippen MR) is 90.4 cm³/mol. The summed E-state index contributed by atoms with van der Waals surface area (Å²) >= 11 is 0. The minimum atomic E-state index is -0.0811. The maximum Gasteiger partial charge on any atom is 0.276 e. The third kappa shape index (κ3) is 2.99. The fourth-order valence-corrected chi connectivity index (χ4v) is 3.14. The number of nitrogens with zero attached hydrogens (tertiary/aromatic N) is 4. The smallest absolute Gasteiger partial charge is 0.276 e. The quantitative estimate of drug-likeness (QED) is 0.919. The van der Waals surface area contributed by atoms with Crippen LogP contribution < -0.4 is 10.5 Å². The van der Waals surface area contributed by atoms with Gasteiger partial charge in [-0.15, -0.1) is 5.10 Å². The first kappa shape index (κ1) is 16.4. The molecule has 0 aliphatic carbocycles. The highest BCUT2D eigenvalue weighted by atomic mass is 16.5. The number of carbonyl (C=O) groups is 1. The van der Waals surface area contributed by atoms with E-state index in [9.17, 15) is 4.79 Å². The molecule has 2 N–H and O–H groups in total. The van der Waals surface area contributed by atoms with Gasteiger partial charge in [-0.3, -0.25) is 4.79 Å². The van der Waals surface area contributed by atoms with Crippen molar-refractivity contribution in [1.82, 2.24) is 19.9 Å². The Kier molecular flexibility index (Phi) is 4.80. The third-order valence-corrected chi connectivity index (χ3v) is 4.57. The van der Waals surface area contributed by atoms with Crippen LogP contribution in [0.4, 0.5) is 0 Å². The van der Waals surface area contributed by atoms with Crippen LogP contribution in [0, 0.1) is 6.92 Å². The summed E-state index contributed by atoms with van der Waals surface area (Å²) in [7, 11) is 1.62. The molecule has 0 bridgehead atoms. The Labute approximate surface area is 141 Å². The molecule has 1 atom stereocenters. The van der Waals surface area contributed by atoms with E-state index in [2.05, 4.69) is 10.3 Å². The average molecular weight is 329 g/mol.